The molecule has 2 aliphatic rings. The number of methoxy groups -OCH3 is 4. The average Bonchev–Trinajstić information content (AvgIpc) is 3.23. The van der Waals surface area contributed by atoms with Gasteiger partial charge in [-0.25, -0.2) is 0 Å². The fraction of sp³-hybridized carbons (Fsp3) is 0.760. The second kappa shape index (κ2) is 12.4. The first-order valence-electron chi connectivity index (χ1n) is 11.9. The van der Waals surface area contributed by atoms with Gasteiger partial charge in [0.15, 0.2) is 11.5 Å². The van der Waals surface area contributed by atoms with Crippen molar-refractivity contribution in [2.75, 3.05) is 61.3 Å². The predicted octanol–water partition coefficient (Wildman–Crippen LogP) is 4.50. The van der Waals surface area contributed by atoms with Gasteiger partial charge in [0, 0.05) is 24.2 Å². The van der Waals surface area contributed by atoms with Crippen molar-refractivity contribution in [2.45, 2.75) is 57.8 Å². The molecule has 1 aliphatic carbocycles. The average molecular weight is 436 g/mol. The van der Waals surface area contributed by atoms with E-state index in [-0.39, 0.29) is 0 Å². The molecule has 0 bridgehead atoms. The second-order valence-electron chi connectivity index (χ2n) is 8.73. The van der Waals surface area contributed by atoms with Crippen molar-refractivity contribution in [3.05, 3.63) is 11.1 Å². The normalized spacial score (nSPS) is 16.9. The zero-order chi connectivity index (χ0) is 22.1. The van der Waals surface area contributed by atoms with Gasteiger partial charge in [0.05, 0.1) is 41.7 Å². The SMILES string of the molecule is COc1c2c(c(OC)c(OC)c1OC)CC(CCCCCCCCN1CCOCC1)C2. The van der Waals surface area contributed by atoms with Crippen molar-refractivity contribution in [3.63, 3.8) is 0 Å². The molecule has 0 saturated carbocycles. The van der Waals surface area contributed by atoms with Gasteiger partial charge in [0.1, 0.15) is 0 Å². The van der Waals surface area contributed by atoms with Crippen molar-refractivity contribution in [2.24, 2.45) is 5.92 Å². The molecule has 1 fully saturated rings. The Kier molecular flexibility index (Phi) is 9.59. The van der Waals surface area contributed by atoms with Crippen LogP contribution in [0.2, 0.25) is 0 Å². The smallest absolute Gasteiger partial charge is 0.207 e. The van der Waals surface area contributed by atoms with Crippen molar-refractivity contribution >= 4 is 0 Å². The summed E-state index contributed by atoms with van der Waals surface area (Å²) in [6.45, 7) is 5.26. The van der Waals surface area contributed by atoms with Crippen LogP contribution in [0.15, 0.2) is 0 Å². The standard InChI is InChI=1S/C25H41NO5/c1-27-22-20-17-19(18-21(20)23(28-2)25(30-4)24(22)29-3)11-9-7-5-6-8-10-12-26-13-15-31-16-14-26/h19H,5-18H2,1-4H3. The van der Waals surface area contributed by atoms with Crippen molar-refractivity contribution in [3.8, 4) is 23.0 Å². The summed E-state index contributed by atoms with van der Waals surface area (Å²) >= 11 is 0. The largest absolute Gasteiger partial charge is 0.492 e. The molecule has 1 aliphatic heterocycles. The van der Waals surface area contributed by atoms with Crippen molar-refractivity contribution in [1.29, 1.82) is 0 Å². The molecule has 31 heavy (non-hydrogen) atoms. The lowest BCUT2D eigenvalue weighted by Crippen LogP contribution is -2.36. The molecule has 1 saturated heterocycles. The summed E-state index contributed by atoms with van der Waals surface area (Å²) < 4.78 is 28.1. The summed E-state index contributed by atoms with van der Waals surface area (Å²) in [6, 6.07) is 0. The van der Waals surface area contributed by atoms with E-state index in [1.807, 2.05) is 0 Å². The number of nitrogens with zero attached hydrogens (tertiary/aromatic N) is 1. The Labute approximate surface area is 188 Å². The quantitative estimate of drug-likeness (QED) is 0.425. The minimum atomic E-state index is 0.635. The van der Waals surface area contributed by atoms with Gasteiger partial charge in [-0.05, 0) is 38.1 Å². The van der Waals surface area contributed by atoms with Crippen LogP contribution in [-0.4, -0.2) is 66.2 Å². The zero-order valence-corrected chi connectivity index (χ0v) is 20.0. The lowest BCUT2D eigenvalue weighted by Gasteiger charge is -2.26. The molecule has 1 heterocycles. The molecule has 176 valence electrons. The van der Waals surface area contributed by atoms with Crippen LogP contribution in [0.5, 0.6) is 23.0 Å². The maximum atomic E-state index is 5.72. The van der Waals surface area contributed by atoms with Crippen LogP contribution in [0.3, 0.4) is 0 Å². The molecule has 0 aromatic heterocycles. The predicted molar refractivity (Wildman–Crippen MR) is 123 cm³/mol. The molecular formula is C25H41NO5. The van der Waals surface area contributed by atoms with Gasteiger partial charge in [0.2, 0.25) is 11.5 Å². The summed E-state index contributed by atoms with van der Waals surface area (Å²) in [5.41, 5.74) is 2.45. The van der Waals surface area contributed by atoms with E-state index in [9.17, 15) is 0 Å². The first-order valence-corrected chi connectivity index (χ1v) is 11.9. The minimum absolute atomic E-state index is 0.635. The van der Waals surface area contributed by atoms with E-state index in [1.54, 1.807) is 28.4 Å². The maximum absolute atomic E-state index is 5.72. The number of unbranched alkanes of at least 4 members (excludes halogenated alkanes) is 5. The molecule has 0 unspecified atom stereocenters. The summed E-state index contributed by atoms with van der Waals surface area (Å²) in [6.07, 6.45) is 11.3. The maximum Gasteiger partial charge on any atom is 0.207 e. The molecule has 1 aromatic carbocycles. The number of ether oxygens (including phenoxy) is 5. The van der Waals surface area contributed by atoms with Crippen LogP contribution in [0.1, 0.15) is 56.1 Å². The zero-order valence-electron chi connectivity index (χ0n) is 20.0. The van der Waals surface area contributed by atoms with Crippen LogP contribution < -0.4 is 18.9 Å². The van der Waals surface area contributed by atoms with Gasteiger partial charge < -0.3 is 23.7 Å². The Bertz CT molecular complexity index is 646. The number of morpholine rings is 1. The van der Waals surface area contributed by atoms with Gasteiger partial charge in [0.25, 0.3) is 0 Å². The van der Waals surface area contributed by atoms with Gasteiger partial charge in [-0.1, -0.05) is 32.1 Å². The molecule has 0 radical (unpaired) electrons. The summed E-state index contributed by atoms with van der Waals surface area (Å²) in [4.78, 5) is 2.54. The monoisotopic (exact) mass is 435 g/mol. The van der Waals surface area contributed by atoms with Crippen LogP contribution in [-0.2, 0) is 17.6 Å². The Morgan fingerprint density at radius 1 is 0.677 bits per heavy atom. The lowest BCUT2D eigenvalue weighted by atomic mass is 9.97. The number of hydrogen-bond acceptors (Lipinski definition) is 6. The Morgan fingerprint density at radius 3 is 1.68 bits per heavy atom. The van der Waals surface area contributed by atoms with Crippen LogP contribution in [0.4, 0.5) is 0 Å². The van der Waals surface area contributed by atoms with E-state index in [0.717, 1.165) is 50.6 Å². The highest BCUT2D eigenvalue weighted by Gasteiger charge is 2.33. The molecule has 6 nitrogen and oxygen atoms in total. The van der Waals surface area contributed by atoms with E-state index in [1.165, 1.54) is 62.6 Å². The summed E-state index contributed by atoms with van der Waals surface area (Å²) in [5, 5.41) is 0. The second-order valence-corrected chi connectivity index (χ2v) is 8.73. The molecule has 0 spiro atoms. The third-order valence-corrected chi connectivity index (χ3v) is 6.77. The van der Waals surface area contributed by atoms with Gasteiger partial charge in [-0.15, -0.1) is 0 Å². The summed E-state index contributed by atoms with van der Waals surface area (Å²) in [7, 11) is 6.71. The van der Waals surface area contributed by atoms with E-state index in [0.29, 0.717) is 17.4 Å². The van der Waals surface area contributed by atoms with Gasteiger partial charge in [-0.3, -0.25) is 4.90 Å². The number of rotatable bonds is 13. The first kappa shape index (κ1) is 24.0. The highest BCUT2D eigenvalue weighted by molar-refractivity contribution is 5.68. The molecule has 3 rings (SSSR count). The fourth-order valence-electron chi connectivity index (χ4n) is 5.14. The third kappa shape index (κ3) is 5.98. The fourth-order valence-corrected chi connectivity index (χ4v) is 5.14. The summed E-state index contributed by atoms with van der Waals surface area (Å²) in [5.74, 6) is 3.52. The highest BCUT2D eigenvalue weighted by Crippen LogP contribution is 2.53. The first-order chi connectivity index (χ1) is 15.2. The lowest BCUT2D eigenvalue weighted by molar-refractivity contribution is 0.0371. The minimum Gasteiger partial charge on any atom is -0.492 e. The van der Waals surface area contributed by atoms with E-state index in [2.05, 4.69) is 4.90 Å². The highest BCUT2D eigenvalue weighted by atomic mass is 16.5. The number of hydrogen-bond donors (Lipinski definition) is 0. The molecular weight excluding hydrogens is 394 g/mol. The van der Waals surface area contributed by atoms with Crippen LogP contribution in [0.25, 0.3) is 0 Å². The number of fused-ring (bicyclic) bond motifs is 1. The molecule has 0 N–H and O–H groups in total. The van der Waals surface area contributed by atoms with Crippen LogP contribution >= 0.6 is 0 Å². The number of benzene rings is 1. The van der Waals surface area contributed by atoms with Gasteiger partial charge in [-0.2, -0.15) is 0 Å². The van der Waals surface area contributed by atoms with E-state index in [4.69, 9.17) is 23.7 Å². The topological polar surface area (TPSA) is 49.4 Å². The Morgan fingerprint density at radius 2 is 1.16 bits per heavy atom. The van der Waals surface area contributed by atoms with Crippen molar-refractivity contribution < 1.29 is 23.7 Å². The van der Waals surface area contributed by atoms with Gasteiger partial charge >= 0.3 is 0 Å². The van der Waals surface area contributed by atoms with Crippen LogP contribution in [0, 0.1) is 5.92 Å². The third-order valence-electron chi connectivity index (χ3n) is 6.77. The molecule has 6 heteroatoms. The van der Waals surface area contributed by atoms with E-state index < -0.39 is 0 Å². The Balaban J connectivity index is 1.41. The molecule has 0 atom stereocenters. The Hall–Kier alpha value is -1.66. The molecule has 0 amide bonds. The van der Waals surface area contributed by atoms with Crippen molar-refractivity contribution in [1.82, 2.24) is 4.90 Å². The molecule has 1 aromatic rings. The van der Waals surface area contributed by atoms with E-state index >= 15 is 0 Å².